The molecule has 504 valence electrons. The number of unbranched alkanes of at least 4 members (excludes halogenated alkanes) is 35. The fourth-order valence-electron chi connectivity index (χ4n) is 9.88. The van der Waals surface area contributed by atoms with Crippen LogP contribution in [0, 0.1) is 11.8 Å². The van der Waals surface area contributed by atoms with Crippen molar-refractivity contribution >= 4 is 39.5 Å². The van der Waals surface area contributed by atoms with Crippen molar-refractivity contribution in [3.63, 3.8) is 0 Å². The minimum atomic E-state index is -4.95. The Balaban J connectivity index is 5.22. The van der Waals surface area contributed by atoms with E-state index in [0.29, 0.717) is 25.7 Å². The van der Waals surface area contributed by atoms with Crippen LogP contribution in [0.15, 0.2) is 0 Å². The Bertz CT molecular complexity index is 1670. The highest BCUT2D eigenvalue weighted by atomic mass is 31.2. The number of carbonyl (C=O) groups is 4. The zero-order valence-corrected chi connectivity index (χ0v) is 56.7. The number of rotatable bonds is 65. The van der Waals surface area contributed by atoms with E-state index in [9.17, 15) is 43.2 Å². The molecule has 2 unspecified atom stereocenters. The van der Waals surface area contributed by atoms with Crippen LogP contribution in [0.1, 0.15) is 330 Å². The van der Waals surface area contributed by atoms with E-state index >= 15 is 0 Å². The minimum absolute atomic E-state index is 0.104. The summed E-state index contributed by atoms with van der Waals surface area (Å²) in [5, 5.41) is 10.5. The molecule has 0 aromatic rings. The fourth-order valence-corrected chi connectivity index (χ4v) is 11.5. The molecule has 5 atom stereocenters. The summed E-state index contributed by atoms with van der Waals surface area (Å²) in [6.45, 7) is 9.44. The second-order valence-corrected chi connectivity index (χ2v) is 27.7. The van der Waals surface area contributed by atoms with Gasteiger partial charge in [-0.05, 0) is 37.5 Å². The standard InChI is InChI=1S/C66H128O17P2/c1-7-9-11-13-15-16-17-18-21-24-31-37-43-49-64(69)77-55-62(82-65(70)50-44-38-32-25-22-19-20-23-29-34-40-46-58(3)4)57-81-85(74,75)79-53-60(67)52-78-84(72,73)80-56-61(54-76-63(68)48-42-36-28-14-12-10-8-2)83-66(71)51-45-39-33-27-26-30-35-41-47-59(5)6/h58-62,67H,7-57H2,1-6H3,(H,72,73)(H,74,75)/t60-,61+,62+/m0/s1. The molecule has 0 spiro atoms. The number of ether oxygens (including phenoxy) is 4. The van der Waals surface area contributed by atoms with Crippen molar-refractivity contribution in [2.75, 3.05) is 39.6 Å². The van der Waals surface area contributed by atoms with Crippen LogP contribution in [-0.4, -0.2) is 96.7 Å². The molecule has 0 saturated heterocycles. The Morgan fingerprint density at radius 3 is 0.800 bits per heavy atom. The molecular formula is C66H128O17P2. The summed E-state index contributed by atoms with van der Waals surface area (Å²) < 4.78 is 68.0. The van der Waals surface area contributed by atoms with Crippen molar-refractivity contribution in [3.8, 4) is 0 Å². The van der Waals surface area contributed by atoms with E-state index in [2.05, 4.69) is 41.5 Å². The number of hydrogen-bond acceptors (Lipinski definition) is 15. The molecule has 3 N–H and O–H groups in total. The molecule has 0 radical (unpaired) electrons. The number of esters is 4. The molecule has 0 aromatic heterocycles. The van der Waals surface area contributed by atoms with Gasteiger partial charge in [0.1, 0.15) is 19.3 Å². The normalized spacial score (nSPS) is 14.2. The molecular weight excluding hydrogens is 1130 g/mol. The molecule has 19 heteroatoms. The summed E-state index contributed by atoms with van der Waals surface area (Å²) in [4.78, 5) is 72.2. The van der Waals surface area contributed by atoms with Crippen molar-refractivity contribution in [2.45, 2.75) is 349 Å². The van der Waals surface area contributed by atoms with Crippen LogP contribution >= 0.6 is 15.6 Å². The van der Waals surface area contributed by atoms with Gasteiger partial charge in [-0.15, -0.1) is 0 Å². The first kappa shape index (κ1) is 83.1. The van der Waals surface area contributed by atoms with Crippen molar-refractivity contribution in [1.29, 1.82) is 0 Å². The third kappa shape index (κ3) is 60.7. The van der Waals surface area contributed by atoms with Crippen LogP contribution in [0.4, 0.5) is 0 Å². The lowest BCUT2D eigenvalue weighted by atomic mass is 10.0. The van der Waals surface area contributed by atoms with Gasteiger partial charge in [-0.1, -0.05) is 279 Å². The van der Waals surface area contributed by atoms with E-state index in [1.54, 1.807) is 0 Å². The molecule has 0 aliphatic carbocycles. The van der Waals surface area contributed by atoms with Crippen LogP contribution in [0.3, 0.4) is 0 Å². The Labute approximate surface area is 517 Å². The summed E-state index contributed by atoms with van der Waals surface area (Å²) in [5.41, 5.74) is 0. The van der Waals surface area contributed by atoms with Crippen molar-refractivity contribution in [3.05, 3.63) is 0 Å². The number of aliphatic hydroxyl groups excluding tert-OH is 1. The summed E-state index contributed by atoms with van der Waals surface area (Å²) in [7, 11) is -9.89. The number of phosphoric acid groups is 2. The topological polar surface area (TPSA) is 237 Å². The maximum Gasteiger partial charge on any atom is 0.472 e. The molecule has 0 rings (SSSR count). The monoisotopic (exact) mass is 1250 g/mol. The van der Waals surface area contributed by atoms with E-state index in [0.717, 1.165) is 115 Å². The van der Waals surface area contributed by atoms with E-state index in [4.69, 9.17) is 37.0 Å². The Morgan fingerprint density at radius 1 is 0.318 bits per heavy atom. The number of phosphoric ester groups is 2. The van der Waals surface area contributed by atoms with Crippen LogP contribution in [-0.2, 0) is 65.4 Å². The zero-order chi connectivity index (χ0) is 62.9. The molecule has 0 aliphatic heterocycles. The van der Waals surface area contributed by atoms with Crippen LogP contribution in [0.5, 0.6) is 0 Å². The molecule has 17 nitrogen and oxygen atoms in total. The SMILES string of the molecule is CCCCCCCCCCCCCCCC(=O)OC[C@H](COP(=O)(O)OC[C@@H](O)COP(=O)(O)OC[C@@H](COC(=O)CCCCCCCCC)OC(=O)CCCCCCCCCCC(C)C)OC(=O)CCCCCCCCCCCCCC(C)C. The van der Waals surface area contributed by atoms with E-state index in [1.165, 1.54) is 135 Å². The minimum Gasteiger partial charge on any atom is -0.462 e. The summed E-state index contributed by atoms with van der Waals surface area (Å²) in [5.74, 6) is -0.651. The zero-order valence-electron chi connectivity index (χ0n) is 54.9. The largest absolute Gasteiger partial charge is 0.472 e. The van der Waals surface area contributed by atoms with Crippen LogP contribution in [0.25, 0.3) is 0 Å². The highest BCUT2D eigenvalue weighted by Crippen LogP contribution is 2.45. The highest BCUT2D eigenvalue weighted by molar-refractivity contribution is 7.47. The van der Waals surface area contributed by atoms with Gasteiger partial charge in [-0.2, -0.15) is 0 Å². The molecule has 0 saturated carbocycles. The molecule has 0 aromatic carbocycles. The van der Waals surface area contributed by atoms with Gasteiger partial charge in [-0.25, -0.2) is 9.13 Å². The van der Waals surface area contributed by atoms with Crippen LogP contribution < -0.4 is 0 Å². The predicted molar refractivity (Wildman–Crippen MR) is 340 cm³/mol. The molecule has 85 heavy (non-hydrogen) atoms. The second-order valence-electron chi connectivity index (χ2n) is 24.8. The van der Waals surface area contributed by atoms with E-state index in [-0.39, 0.29) is 25.7 Å². The van der Waals surface area contributed by atoms with E-state index < -0.39 is 97.5 Å². The van der Waals surface area contributed by atoms with Gasteiger partial charge in [0.2, 0.25) is 0 Å². The van der Waals surface area contributed by atoms with Gasteiger partial charge in [0, 0.05) is 25.7 Å². The Hall–Kier alpha value is -1.94. The molecule has 0 heterocycles. The van der Waals surface area contributed by atoms with Crippen molar-refractivity contribution < 1.29 is 80.2 Å². The van der Waals surface area contributed by atoms with Gasteiger partial charge < -0.3 is 33.8 Å². The Morgan fingerprint density at radius 2 is 0.541 bits per heavy atom. The summed E-state index contributed by atoms with van der Waals surface area (Å²) in [6, 6.07) is 0. The first-order valence-corrected chi connectivity index (χ1v) is 37.5. The third-order valence-electron chi connectivity index (χ3n) is 15.2. The van der Waals surface area contributed by atoms with Gasteiger partial charge in [0.15, 0.2) is 12.2 Å². The van der Waals surface area contributed by atoms with Gasteiger partial charge >= 0.3 is 39.5 Å². The number of hydrogen-bond donors (Lipinski definition) is 3. The summed E-state index contributed by atoms with van der Waals surface area (Å²) >= 11 is 0. The molecule has 0 bridgehead atoms. The first-order valence-electron chi connectivity index (χ1n) is 34.5. The second kappa shape index (κ2) is 58.4. The lowest BCUT2D eigenvalue weighted by Crippen LogP contribution is -2.30. The highest BCUT2D eigenvalue weighted by Gasteiger charge is 2.30. The maximum absolute atomic E-state index is 13.0. The average Bonchev–Trinajstić information content (AvgIpc) is 3.47. The Kier molecular flexibility index (Phi) is 57.1. The molecule has 0 amide bonds. The van der Waals surface area contributed by atoms with E-state index in [1.807, 2.05) is 0 Å². The molecule has 0 aliphatic rings. The van der Waals surface area contributed by atoms with Crippen molar-refractivity contribution in [2.24, 2.45) is 11.8 Å². The first-order chi connectivity index (χ1) is 40.9. The lowest BCUT2D eigenvalue weighted by Gasteiger charge is -2.21. The smallest absolute Gasteiger partial charge is 0.462 e. The van der Waals surface area contributed by atoms with Gasteiger partial charge in [-0.3, -0.25) is 37.3 Å². The van der Waals surface area contributed by atoms with Crippen molar-refractivity contribution in [1.82, 2.24) is 0 Å². The average molecular weight is 1260 g/mol. The number of aliphatic hydroxyl groups is 1. The quantitative estimate of drug-likeness (QED) is 0.0222. The maximum atomic E-state index is 13.0. The van der Waals surface area contributed by atoms with Crippen LogP contribution in [0.2, 0.25) is 0 Å². The summed E-state index contributed by atoms with van der Waals surface area (Å²) in [6.07, 6.45) is 41.8. The van der Waals surface area contributed by atoms with Gasteiger partial charge in [0.05, 0.1) is 26.4 Å². The number of carbonyl (C=O) groups excluding carboxylic acids is 4. The lowest BCUT2D eigenvalue weighted by molar-refractivity contribution is -0.161. The van der Waals surface area contributed by atoms with Gasteiger partial charge in [0.25, 0.3) is 0 Å². The fraction of sp³-hybridized carbons (Fsp3) is 0.939. The third-order valence-corrected chi connectivity index (χ3v) is 17.1. The molecule has 0 fully saturated rings. The predicted octanol–water partition coefficient (Wildman–Crippen LogP) is 18.4.